The van der Waals surface area contributed by atoms with Crippen LogP contribution in [0.15, 0.2) is 36.4 Å². The van der Waals surface area contributed by atoms with Crippen LogP contribution in [0.1, 0.15) is 52.9 Å². The fraction of sp³-hybridized carbons (Fsp3) is 0.391. The van der Waals surface area contributed by atoms with Crippen molar-refractivity contribution >= 4 is 11.9 Å². The molecule has 0 saturated heterocycles. The zero-order chi connectivity index (χ0) is 20.8. The second-order valence-corrected chi connectivity index (χ2v) is 7.16. The number of ether oxygens (including phenoxy) is 3. The van der Waals surface area contributed by atoms with E-state index < -0.39 is 5.97 Å². The fourth-order valence-corrected chi connectivity index (χ4v) is 3.61. The van der Waals surface area contributed by atoms with Crippen LogP contribution in [0.2, 0.25) is 0 Å². The Morgan fingerprint density at radius 1 is 1.00 bits per heavy atom. The molecule has 1 atom stereocenters. The van der Waals surface area contributed by atoms with Gasteiger partial charge in [-0.3, -0.25) is 4.79 Å². The monoisotopic (exact) mass is 397 g/mol. The summed E-state index contributed by atoms with van der Waals surface area (Å²) in [5.74, 6) is 0.444. The Bertz CT molecular complexity index is 893. The lowest BCUT2D eigenvalue weighted by atomic mass is 9.90. The molecule has 1 amide bonds. The Labute approximate surface area is 171 Å². The molecule has 0 bridgehead atoms. The van der Waals surface area contributed by atoms with Gasteiger partial charge in [0.05, 0.1) is 25.8 Å². The molecule has 2 aromatic rings. The van der Waals surface area contributed by atoms with Crippen molar-refractivity contribution in [3.05, 3.63) is 58.7 Å². The maximum Gasteiger partial charge on any atom is 0.338 e. The molecule has 1 N–H and O–H groups in total. The summed E-state index contributed by atoms with van der Waals surface area (Å²) in [6, 6.07) is 10.7. The highest BCUT2D eigenvalue weighted by Crippen LogP contribution is 2.29. The smallest absolute Gasteiger partial charge is 0.338 e. The van der Waals surface area contributed by atoms with Gasteiger partial charge < -0.3 is 19.5 Å². The first-order chi connectivity index (χ1) is 14.0. The molecule has 2 aromatic carbocycles. The maximum atomic E-state index is 12.3. The van der Waals surface area contributed by atoms with E-state index in [1.807, 2.05) is 25.1 Å². The van der Waals surface area contributed by atoms with E-state index in [4.69, 9.17) is 14.2 Å². The molecule has 0 aliphatic heterocycles. The molecule has 0 aromatic heterocycles. The molecular formula is C23H27NO5. The van der Waals surface area contributed by atoms with Gasteiger partial charge in [-0.25, -0.2) is 4.79 Å². The zero-order valence-electron chi connectivity index (χ0n) is 17.1. The van der Waals surface area contributed by atoms with E-state index in [0.29, 0.717) is 17.1 Å². The van der Waals surface area contributed by atoms with Crippen LogP contribution in [0, 0.1) is 0 Å². The molecule has 0 heterocycles. The van der Waals surface area contributed by atoms with E-state index in [-0.39, 0.29) is 18.6 Å². The van der Waals surface area contributed by atoms with Crippen molar-refractivity contribution in [3.63, 3.8) is 0 Å². The molecule has 1 aliphatic rings. The van der Waals surface area contributed by atoms with Crippen LogP contribution < -0.4 is 14.8 Å². The van der Waals surface area contributed by atoms with E-state index >= 15 is 0 Å². The van der Waals surface area contributed by atoms with E-state index in [0.717, 1.165) is 24.8 Å². The summed E-state index contributed by atoms with van der Waals surface area (Å²) in [5, 5.41) is 2.83. The molecule has 154 valence electrons. The van der Waals surface area contributed by atoms with E-state index in [1.54, 1.807) is 32.4 Å². The number of esters is 1. The first kappa shape index (κ1) is 20.7. The Hall–Kier alpha value is -3.02. The first-order valence-electron chi connectivity index (χ1n) is 9.82. The Kier molecular flexibility index (Phi) is 6.75. The number of carbonyl (C=O) groups is 2. The first-order valence-corrected chi connectivity index (χ1v) is 9.82. The van der Waals surface area contributed by atoms with Crippen LogP contribution in [0.25, 0.3) is 0 Å². The average Bonchev–Trinajstić information content (AvgIpc) is 2.76. The molecule has 0 radical (unpaired) electrons. The number of aryl methyl sites for hydroxylation is 2. The van der Waals surface area contributed by atoms with Gasteiger partial charge in [0.25, 0.3) is 5.91 Å². The number of amides is 1. The summed E-state index contributed by atoms with van der Waals surface area (Å²) in [5.41, 5.74) is 3.77. The summed E-state index contributed by atoms with van der Waals surface area (Å²) < 4.78 is 15.8. The third-order valence-corrected chi connectivity index (χ3v) is 5.20. The van der Waals surface area contributed by atoms with E-state index in [1.165, 1.54) is 17.5 Å². The number of fused-ring (bicyclic) bond motifs is 1. The summed E-state index contributed by atoms with van der Waals surface area (Å²) >= 11 is 0. The minimum Gasteiger partial charge on any atom is -0.497 e. The molecule has 1 aliphatic carbocycles. The number of hydrogen-bond acceptors (Lipinski definition) is 5. The highest BCUT2D eigenvalue weighted by Gasteiger charge is 2.18. The van der Waals surface area contributed by atoms with Crippen molar-refractivity contribution in [1.82, 2.24) is 5.32 Å². The molecule has 29 heavy (non-hydrogen) atoms. The number of hydrogen-bond donors (Lipinski definition) is 1. The molecule has 0 saturated carbocycles. The van der Waals surface area contributed by atoms with Crippen molar-refractivity contribution in [3.8, 4) is 11.5 Å². The van der Waals surface area contributed by atoms with Gasteiger partial charge in [-0.15, -0.1) is 0 Å². The van der Waals surface area contributed by atoms with Crippen LogP contribution in [0.5, 0.6) is 11.5 Å². The summed E-state index contributed by atoms with van der Waals surface area (Å²) in [4.78, 5) is 24.6. The van der Waals surface area contributed by atoms with Crippen molar-refractivity contribution in [2.75, 3.05) is 20.8 Å². The minimum atomic E-state index is -0.486. The lowest BCUT2D eigenvalue weighted by Gasteiger charge is -2.18. The zero-order valence-corrected chi connectivity index (χ0v) is 17.1. The Morgan fingerprint density at radius 2 is 1.76 bits per heavy atom. The highest BCUT2D eigenvalue weighted by atomic mass is 16.5. The van der Waals surface area contributed by atoms with Gasteiger partial charge >= 0.3 is 5.97 Å². The molecule has 0 fully saturated rings. The minimum absolute atomic E-state index is 0.338. The topological polar surface area (TPSA) is 73.9 Å². The largest absolute Gasteiger partial charge is 0.497 e. The Balaban J connectivity index is 1.57. The number of carbonyl (C=O) groups excluding carboxylic acids is 2. The summed E-state index contributed by atoms with van der Waals surface area (Å²) in [7, 11) is 3.15. The molecule has 6 nitrogen and oxygen atoms in total. The van der Waals surface area contributed by atoms with Gasteiger partial charge in [0.1, 0.15) is 11.5 Å². The van der Waals surface area contributed by atoms with Crippen molar-refractivity contribution in [2.45, 2.75) is 38.6 Å². The van der Waals surface area contributed by atoms with Gasteiger partial charge in [-0.1, -0.05) is 6.07 Å². The molecular weight excluding hydrogens is 370 g/mol. The van der Waals surface area contributed by atoms with Crippen LogP contribution in [-0.4, -0.2) is 32.7 Å². The summed E-state index contributed by atoms with van der Waals surface area (Å²) in [6.07, 6.45) is 4.36. The van der Waals surface area contributed by atoms with Gasteiger partial charge in [-0.05, 0) is 74.1 Å². The number of benzene rings is 2. The van der Waals surface area contributed by atoms with E-state index in [2.05, 4.69) is 5.32 Å². The van der Waals surface area contributed by atoms with Crippen molar-refractivity contribution < 1.29 is 23.8 Å². The third-order valence-electron chi connectivity index (χ3n) is 5.20. The lowest BCUT2D eigenvalue weighted by Crippen LogP contribution is -2.31. The predicted molar refractivity (Wildman–Crippen MR) is 109 cm³/mol. The van der Waals surface area contributed by atoms with E-state index in [9.17, 15) is 9.59 Å². The normalized spacial score (nSPS) is 13.8. The van der Waals surface area contributed by atoms with Crippen molar-refractivity contribution in [1.29, 1.82) is 0 Å². The van der Waals surface area contributed by atoms with Gasteiger partial charge in [-0.2, -0.15) is 0 Å². The Morgan fingerprint density at radius 3 is 2.48 bits per heavy atom. The standard InChI is InChI=1S/C23H27NO5/c1-15(20-13-19(27-2)10-11-21(20)28-3)24-22(25)14-29-23(26)18-9-8-16-6-4-5-7-17(16)12-18/h8-13,15H,4-7,14H2,1-3H3,(H,24,25). The third kappa shape index (κ3) is 5.08. The molecule has 1 unspecified atom stereocenters. The number of methoxy groups -OCH3 is 2. The average molecular weight is 397 g/mol. The SMILES string of the molecule is COc1ccc(OC)c(C(C)NC(=O)COC(=O)c2ccc3c(c2)CCCC3)c1. The number of rotatable bonds is 7. The van der Waals surface area contributed by atoms with Gasteiger partial charge in [0, 0.05) is 5.56 Å². The molecule has 6 heteroatoms. The highest BCUT2D eigenvalue weighted by molar-refractivity contribution is 5.91. The second kappa shape index (κ2) is 9.45. The van der Waals surface area contributed by atoms with Crippen LogP contribution in [-0.2, 0) is 22.4 Å². The van der Waals surface area contributed by atoms with Crippen molar-refractivity contribution in [2.24, 2.45) is 0 Å². The number of nitrogens with one attached hydrogen (secondary N) is 1. The van der Waals surface area contributed by atoms with Gasteiger partial charge in [0.2, 0.25) is 0 Å². The molecule has 3 rings (SSSR count). The van der Waals surface area contributed by atoms with Crippen LogP contribution in [0.3, 0.4) is 0 Å². The summed E-state index contributed by atoms with van der Waals surface area (Å²) in [6.45, 7) is 1.49. The van der Waals surface area contributed by atoms with Gasteiger partial charge in [0.15, 0.2) is 6.61 Å². The lowest BCUT2D eigenvalue weighted by molar-refractivity contribution is -0.124. The van der Waals surface area contributed by atoms with Crippen LogP contribution >= 0.6 is 0 Å². The maximum absolute atomic E-state index is 12.3. The molecule has 0 spiro atoms. The second-order valence-electron chi connectivity index (χ2n) is 7.16. The quantitative estimate of drug-likeness (QED) is 0.723. The van der Waals surface area contributed by atoms with Crippen LogP contribution in [0.4, 0.5) is 0 Å². The fourth-order valence-electron chi connectivity index (χ4n) is 3.61. The predicted octanol–water partition coefficient (Wildman–Crippen LogP) is 3.62.